The number of hydrogen-bond acceptors (Lipinski definition) is 4. The fourth-order valence-electron chi connectivity index (χ4n) is 3.55. The van der Waals surface area contributed by atoms with Crippen molar-refractivity contribution >= 4 is 9.84 Å². The highest BCUT2D eigenvalue weighted by atomic mass is 32.2. The highest BCUT2D eigenvalue weighted by Gasteiger charge is 2.52. The molecule has 0 aromatic heterocycles. The van der Waals surface area contributed by atoms with E-state index in [1.807, 2.05) is 0 Å². The Balaban J connectivity index is 1.59. The highest BCUT2D eigenvalue weighted by molar-refractivity contribution is 7.92. The van der Waals surface area contributed by atoms with Crippen LogP contribution in [0.25, 0.3) is 0 Å². The first-order valence-corrected chi connectivity index (χ1v) is 8.78. The molecular weight excluding hydrogens is 250 g/mol. The molecule has 104 valence electrons. The van der Waals surface area contributed by atoms with E-state index in [9.17, 15) is 13.5 Å². The van der Waals surface area contributed by atoms with Crippen LogP contribution < -0.4 is 5.32 Å². The highest BCUT2D eigenvalue weighted by Crippen LogP contribution is 2.46. The van der Waals surface area contributed by atoms with Crippen LogP contribution in [0.4, 0.5) is 0 Å². The molecule has 1 heterocycles. The average Bonchev–Trinajstić information content (AvgIpc) is 2.22. The summed E-state index contributed by atoms with van der Waals surface area (Å²) in [7, 11) is -2.87. The van der Waals surface area contributed by atoms with Crippen molar-refractivity contribution in [2.24, 2.45) is 0 Å². The van der Waals surface area contributed by atoms with Gasteiger partial charge >= 0.3 is 0 Å². The summed E-state index contributed by atoms with van der Waals surface area (Å²) >= 11 is 0. The van der Waals surface area contributed by atoms with Crippen LogP contribution in [0.3, 0.4) is 0 Å². The first kappa shape index (κ1) is 12.9. The van der Waals surface area contributed by atoms with Gasteiger partial charge in [-0.15, -0.1) is 0 Å². The van der Waals surface area contributed by atoms with Crippen LogP contribution >= 0.6 is 0 Å². The van der Waals surface area contributed by atoms with E-state index in [0.29, 0.717) is 18.7 Å². The molecule has 1 unspecified atom stereocenters. The lowest BCUT2D eigenvalue weighted by molar-refractivity contribution is -0.0340. The second-order valence-electron chi connectivity index (χ2n) is 6.50. The molecule has 3 rings (SSSR count). The molecule has 1 aliphatic heterocycles. The summed E-state index contributed by atoms with van der Waals surface area (Å²) in [6.45, 7) is 0.633. The molecule has 5 heteroatoms. The van der Waals surface area contributed by atoms with Crippen LogP contribution in [0.2, 0.25) is 0 Å². The predicted molar refractivity (Wildman–Crippen MR) is 70.2 cm³/mol. The van der Waals surface area contributed by atoms with E-state index in [1.54, 1.807) is 0 Å². The Hall–Kier alpha value is -0.130. The minimum absolute atomic E-state index is 0.276. The van der Waals surface area contributed by atoms with Gasteiger partial charge in [0.2, 0.25) is 0 Å². The maximum Gasteiger partial charge on any atom is 0.156 e. The smallest absolute Gasteiger partial charge is 0.156 e. The van der Waals surface area contributed by atoms with Gasteiger partial charge in [0.15, 0.2) is 9.84 Å². The summed E-state index contributed by atoms with van der Waals surface area (Å²) < 4.78 is 23.8. The zero-order valence-electron chi connectivity index (χ0n) is 10.8. The molecule has 3 aliphatic rings. The van der Waals surface area contributed by atoms with Gasteiger partial charge in [0.1, 0.15) is 0 Å². The van der Waals surface area contributed by atoms with Gasteiger partial charge in [-0.3, -0.25) is 0 Å². The molecule has 1 saturated heterocycles. The van der Waals surface area contributed by atoms with Crippen LogP contribution in [0.5, 0.6) is 0 Å². The normalized spacial score (nSPS) is 35.7. The van der Waals surface area contributed by atoms with Crippen molar-refractivity contribution in [3.05, 3.63) is 0 Å². The number of aliphatic hydroxyl groups is 1. The third kappa shape index (κ3) is 2.00. The van der Waals surface area contributed by atoms with Crippen LogP contribution in [-0.2, 0) is 9.84 Å². The van der Waals surface area contributed by atoms with Crippen molar-refractivity contribution in [1.29, 1.82) is 0 Å². The summed E-state index contributed by atoms with van der Waals surface area (Å²) in [4.78, 5) is 0. The minimum atomic E-state index is -2.87. The van der Waals surface area contributed by atoms with Gasteiger partial charge < -0.3 is 10.4 Å². The maximum absolute atomic E-state index is 12.1. The number of rotatable bonds is 3. The monoisotopic (exact) mass is 273 g/mol. The Morgan fingerprint density at radius 3 is 2.33 bits per heavy atom. The summed E-state index contributed by atoms with van der Waals surface area (Å²) in [5.74, 6) is 0.323. The zero-order valence-corrected chi connectivity index (χ0v) is 11.6. The van der Waals surface area contributed by atoms with Crippen LogP contribution in [0.15, 0.2) is 0 Å². The van der Waals surface area contributed by atoms with Gasteiger partial charge in [0, 0.05) is 12.6 Å². The largest absolute Gasteiger partial charge is 0.389 e. The van der Waals surface area contributed by atoms with E-state index in [4.69, 9.17) is 0 Å². The van der Waals surface area contributed by atoms with E-state index in [1.165, 1.54) is 0 Å². The molecule has 0 aromatic rings. The number of sulfone groups is 1. The van der Waals surface area contributed by atoms with Crippen molar-refractivity contribution < 1.29 is 13.5 Å². The summed E-state index contributed by atoms with van der Waals surface area (Å²) in [5, 5.41) is 13.5. The van der Waals surface area contributed by atoms with Gasteiger partial charge in [0.05, 0.1) is 16.1 Å². The molecular formula is C13H23NO3S. The Bertz CT molecular complexity index is 424. The van der Waals surface area contributed by atoms with Gasteiger partial charge in [0.25, 0.3) is 0 Å². The fraction of sp³-hybridized carbons (Fsp3) is 1.00. The fourth-order valence-corrected chi connectivity index (χ4v) is 5.94. The number of hydrogen-bond donors (Lipinski definition) is 2. The van der Waals surface area contributed by atoms with Crippen LogP contribution in [-0.4, -0.2) is 42.2 Å². The lowest BCUT2D eigenvalue weighted by atomic mass is 9.77. The van der Waals surface area contributed by atoms with E-state index in [-0.39, 0.29) is 6.04 Å². The van der Waals surface area contributed by atoms with E-state index in [0.717, 1.165) is 44.9 Å². The first-order valence-electron chi connectivity index (χ1n) is 7.13. The van der Waals surface area contributed by atoms with E-state index < -0.39 is 20.2 Å². The molecule has 2 saturated carbocycles. The topological polar surface area (TPSA) is 66.4 Å². The second kappa shape index (κ2) is 4.18. The first-order chi connectivity index (χ1) is 8.45. The zero-order chi connectivity index (χ0) is 12.9. The van der Waals surface area contributed by atoms with E-state index >= 15 is 0 Å². The molecule has 0 amide bonds. The summed E-state index contributed by atoms with van der Waals surface area (Å²) in [6.07, 6.45) is 7.09. The molecule has 1 spiro atoms. The Morgan fingerprint density at radius 1 is 1.17 bits per heavy atom. The van der Waals surface area contributed by atoms with Crippen molar-refractivity contribution in [3.8, 4) is 0 Å². The second-order valence-corrected chi connectivity index (χ2v) is 9.01. The third-order valence-corrected chi connectivity index (χ3v) is 7.95. The third-order valence-electron chi connectivity index (χ3n) is 5.28. The van der Waals surface area contributed by atoms with Gasteiger partial charge in [-0.2, -0.15) is 0 Å². The molecule has 1 atom stereocenters. The Kier molecular flexibility index (Phi) is 2.99. The maximum atomic E-state index is 12.1. The summed E-state index contributed by atoms with van der Waals surface area (Å²) in [5.41, 5.74) is -0.511. The lowest BCUT2D eigenvalue weighted by Crippen LogP contribution is -2.57. The molecule has 0 bridgehead atoms. The minimum Gasteiger partial charge on any atom is -0.389 e. The lowest BCUT2D eigenvalue weighted by Gasteiger charge is -2.47. The molecule has 2 N–H and O–H groups in total. The molecule has 3 fully saturated rings. The summed E-state index contributed by atoms with van der Waals surface area (Å²) in [6, 6.07) is 0.276. The van der Waals surface area contributed by atoms with Crippen molar-refractivity contribution in [1.82, 2.24) is 5.32 Å². The quantitative estimate of drug-likeness (QED) is 0.805. The molecule has 2 aliphatic carbocycles. The van der Waals surface area contributed by atoms with Crippen molar-refractivity contribution in [3.63, 3.8) is 0 Å². The van der Waals surface area contributed by atoms with Crippen molar-refractivity contribution in [2.45, 2.75) is 67.8 Å². The Morgan fingerprint density at radius 2 is 1.83 bits per heavy atom. The SMILES string of the molecule is O=S1(=O)CCC(NCC2(O)CCC2)CC12CCC2. The molecule has 4 nitrogen and oxygen atoms in total. The molecule has 18 heavy (non-hydrogen) atoms. The van der Waals surface area contributed by atoms with Gasteiger partial charge in [-0.05, 0) is 44.9 Å². The Labute approximate surface area is 109 Å². The van der Waals surface area contributed by atoms with Gasteiger partial charge in [-0.25, -0.2) is 8.42 Å². The predicted octanol–water partition coefficient (Wildman–Crippen LogP) is 0.991. The standard InChI is InChI=1S/C13H23NO3S/c15-12(4-1-5-12)10-14-11-3-8-18(16,17)13(9-11)6-2-7-13/h11,14-15H,1-10H2. The average molecular weight is 273 g/mol. The van der Waals surface area contributed by atoms with Crippen LogP contribution in [0, 0.1) is 0 Å². The number of nitrogens with one attached hydrogen (secondary N) is 1. The van der Waals surface area contributed by atoms with Gasteiger partial charge in [-0.1, -0.05) is 6.42 Å². The van der Waals surface area contributed by atoms with Crippen LogP contribution in [0.1, 0.15) is 51.4 Å². The molecule has 0 aromatic carbocycles. The van der Waals surface area contributed by atoms with Crippen molar-refractivity contribution in [2.75, 3.05) is 12.3 Å². The molecule has 0 radical (unpaired) electrons. The van der Waals surface area contributed by atoms with E-state index in [2.05, 4.69) is 5.32 Å².